The lowest BCUT2D eigenvalue weighted by atomic mass is 10.1. The van der Waals surface area contributed by atoms with E-state index in [0.29, 0.717) is 6.73 Å². The Bertz CT molecular complexity index is 843. The third-order valence-electron chi connectivity index (χ3n) is 4.05. The number of fused-ring (bicyclic) bond motifs is 1. The Morgan fingerprint density at radius 2 is 1.84 bits per heavy atom. The molecule has 0 aliphatic carbocycles. The first-order chi connectivity index (χ1) is 12.0. The van der Waals surface area contributed by atoms with E-state index in [0.717, 1.165) is 34.1 Å². The average molecular weight is 372 g/mol. The van der Waals surface area contributed by atoms with E-state index in [1.165, 1.54) is 6.04 Å². The normalized spacial score (nSPS) is 12.0. The third kappa shape index (κ3) is 4.51. The Balaban J connectivity index is 1.89. The topological polar surface area (TPSA) is 39.9 Å². The zero-order chi connectivity index (χ0) is 17.9. The summed E-state index contributed by atoms with van der Waals surface area (Å²) in [6.07, 6.45) is 4.05. The van der Waals surface area contributed by atoms with Gasteiger partial charge in [-0.15, -0.1) is 0 Å². The van der Waals surface area contributed by atoms with E-state index in [1.54, 1.807) is 11.8 Å². The summed E-state index contributed by atoms with van der Waals surface area (Å²) in [7, 11) is -1.06. The second kappa shape index (κ2) is 7.72. The zero-order valence-corrected chi connectivity index (χ0v) is 17.1. The maximum absolute atomic E-state index is 5.91. The molecule has 4 nitrogen and oxygen atoms in total. The maximum Gasteiger partial charge on any atom is 0.189 e. The molecule has 0 atom stereocenters. The maximum atomic E-state index is 5.91. The van der Waals surface area contributed by atoms with Crippen molar-refractivity contribution in [1.82, 2.24) is 14.5 Å². The quantitative estimate of drug-likeness (QED) is 0.250. The van der Waals surface area contributed by atoms with Gasteiger partial charge in [-0.05, 0) is 18.4 Å². The van der Waals surface area contributed by atoms with Crippen LogP contribution in [-0.2, 0) is 11.5 Å². The summed E-state index contributed by atoms with van der Waals surface area (Å²) in [6, 6.07) is 13.5. The number of hydrogen-bond donors (Lipinski definition) is 0. The molecule has 0 radical (unpaired) electrons. The first-order valence-electron chi connectivity index (χ1n) is 8.52. The fourth-order valence-electron chi connectivity index (χ4n) is 2.60. The second-order valence-corrected chi connectivity index (χ2v) is 13.7. The molecule has 25 heavy (non-hydrogen) atoms. The molecule has 2 aromatic heterocycles. The molecule has 0 saturated carbocycles. The van der Waals surface area contributed by atoms with Gasteiger partial charge in [0, 0.05) is 31.8 Å². The molecule has 0 fully saturated rings. The van der Waals surface area contributed by atoms with Crippen molar-refractivity contribution in [2.24, 2.45) is 0 Å². The highest BCUT2D eigenvalue weighted by Gasteiger charge is 2.14. The summed E-state index contributed by atoms with van der Waals surface area (Å²) in [6.45, 7) is 8.44. The number of aromatic nitrogens is 3. The van der Waals surface area contributed by atoms with Gasteiger partial charge in [-0.25, -0.2) is 9.97 Å². The first kappa shape index (κ1) is 18.2. The van der Waals surface area contributed by atoms with E-state index in [9.17, 15) is 0 Å². The summed E-state index contributed by atoms with van der Waals surface area (Å²) in [5.41, 5.74) is 3.03. The van der Waals surface area contributed by atoms with Gasteiger partial charge < -0.3 is 9.30 Å². The molecular weight excluding hydrogens is 346 g/mol. The summed E-state index contributed by atoms with van der Waals surface area (Å²) < 4.78 is 7.99. The largest absolute Gasteiger partial charge is 0.361 e. The van der Waals surface area contributed by atoms with E-state index in [1.807, 2.05) is 30.7 Å². The highest BCUT2D eigenvalue weighted by atomic mass is 32.2. The van der Waals surface area contributed by atoms with Crippen molar-refractivity contribution in [1.29, 1.82) is 0 Å². The number of ether oxygens (including phenoxy) is 1. The van der Waals surface area contributed by atoms with Gasteiger partial charge in [0.25, 0.3) is 0 Å². The van der Waals surface area contributed by atoms with Gasteiger partial charge in [-0.3, -0.25) is 0 Å². The number of thioether (sulfide) groups is 1. The highest BCUT2D eigenvalue weighted by Crippen LogP contribution is 2.28. The lowest BCUT2D eigenvalue weighted by Crippen LogP contribution is -2.22. The summed E-state index contributed by atoms with van der Waals surface area (Å²) >= 11 is 1.57. The molecule has 0 unspecified atom stereocenters. The molecule has 3 aromatic rings. The molecule has 0 bridgehead atoms. The molecule has 0 saturated heterocycles. The van der Waals surface area contributed by atoms with Gasteiger partial charge in [0.15, 0.2) is 5.16 Å². The number of hydrogen-bond acceptors (Lipinski definition) is 4. The van der Waals surface area contributed by atoms with E-state index < -0.39 is 8.07 Å². The second-order valence-electron chi connectivity index (χ2n) is 7.30. The van der Waals surface area contributed by atoms with E-state index in [2.05, 4.69) is 42.4 Å². The van der Waals surface area contributed by atoms with Crippen LogP contribution in [-0.4, -0.2) is 35.5 Å². The molecule has 6 heteroatoms. The van der Waals surface area contributed by atoms with Gasteiger partial charge in [0.2, 0.25) is 0 Å². The van der Waals surface area contributed by atoms with Crippen molar-refractivity contribution < 1.29 is 4.74 Å². The van der Waals surface area contributed by atoms with Crippen LogP contribution in [0.3, 0.4) is 0 Å². The molecule has 0 N–H and O–H groups in total. The van der Waals surface area contributed by atoms with Crippen molar-refractivity contribution in [2.45, 2.75) is 37.6 Å². The number of benzene rings is 1. The van der Waals surface area contributed by atoms with Gasteiger partial charge in [0.1, 0.15) is 12.4 Å². The summed E-state index contributed by atoms with van der Waals surface area (Å²) in [4.78, 5) is 9.45. The minimum absolute atomic E-state index is 0.535. The van der Waals surface area contributed by atoms with Crippen LogP contribution in [0.4, 0.5) is 0 Å². The van der Waals surface area contributed by atoms with Crippen LogP contribution in [0.2, 0.25) is 25.7 Å². The molecular formula is C19H25N3OSSi. The van der Waals surface area contributed by atoms with Crippen LogP contribution < -0.4 is 0 Å². The van der Waals surface area contributed by atoms with E-state index >= 15 is 0 Å². The van der Waals surface area contributed by atoms with Crippen molar-refractivity contribution in [2.75, 3.05) is 12.9 Å². The van der Waals surface area contributed by atoms with Crippen molar-refractivity contribution in [3.05, 3.63) is 42.6 Å². The predicted octanol–water partition coefficient (Wildman–Crippen LogP) is 5.13. The van der Waals surface area contributed by atoms with Crippen LogP contribution in [0.5, 0.6) is 0 Å². The minimum atomic E-state index is -1.06. The van der Waals surface area contributed by atoms with E-state index in [4.69, 9.17) is 14.7 Å². The van der Waals surface area contributed by atoms with Crippen molar-refractivity contribution in [3.8, 4) is 11.3 Å². The summed E-state index contributed by atoms with van der Waals surface area (Å²) in [5, 5.41) is 1.85. The molecule has 0 aliphatic rings. The fraction of sp³-hybridized carbons (Fsp3) is 0.368. The van der Waals surface area contributed by atoms with Crippen LogP contribution in [0.1, 0.15) is 0 Å². The van der Waals surface area contributed by atoms with Crippen molar-refractivity contribution >= 4 is 30.9 Å². The monoisotopic (exact) mass is 371 g/mol. The van der Waals surface area contributed by atoms with Crippen LogP contribution >= 0.6 is 11.8 Å². The fourth-order valence-corrected chi connectivity index (χ4v) is 3.71. The standard InChI is InChI=1S/C19H25N3OSSi/c1-24-19-20-17(15-8-6-5-7-9-15)16-10-11-22(18(16)21-19)14-23-12-13-25(2,3)4/h5-11H,12-14H2,1-4H3. The first-order valence-corrected chi connectivity index (χ1v) is 13.5. The molecule has 132 valence electrons. The molecule has 0 spiro atoms. The molecule has 3 rings (SSSR count). The highest BCUT2D eigenvalue weighted by molar-refractivity contribution is 7.98. The Morgan fingerprint density at radius 1 is 1.08 bits per heavy atom. The SMILES string of the molecule is CSc1nc(-c2ccccc2)c2ccn(COCC[Si](C)(C)C)c2n1. The van der Waals surface area contributed by atoms with E-state index in [-0.39, 0.29) is 0 Å². The Kier molecular flexibility index (Phi) is 5.61. The molecule has 0 aliphatic heterocycles. The zero-order valence-electron chi connectivity index (χ0n) is 15.3. The molecule has 0 amide bonds. The Labute approximate surface area is 154 Å². The average Bonchev–Trinajstić information content (AvgIpc) is 3.01. The van der Waals surface area contributed by atoms with Crippen LogP contribution in [0.25, 0.3) is 22.3 Å². The summed E-state index contributed by atoms with van der Waals surface area (Å²) in [5.74, 6) is 0. The predicted molar refractivity (Wildman–Crippen MR) is 109 cm³/mol. The van der Waals surface area contributed by atoms with Crippen LogP contribution in [0.15, 0.2) is 47.8 Å². The van der Waals surface area contributed by atoms with Gasteiger partial charge in [-0.2, -0.15) is 0 Å². The number of nitrogens with zero attached hydrogens (tertiary/aromatic N) is 3. The van der Waals surface area contributed by atoms with Gasteiger partial charge in [-0.1, -0.05) is 61.7 Å². The molecule has 2 heterocycles. The molecule has 1 aromatic carbocycles. The number of rotatable bonds is 7. The third-order valence-corrected chi connectivity index (χ3v) is 6.31. The Hall–Kier alpha value is -1.63. The minimum Gasteiger partial charge on any atom is -0.361 e. The van der Waals surface area contributed by atoms with Gasteiger partial charge >= 0.3 is 0 Å². The smallest absolute Gasteiger partial charge is 0.189 e. The van der Waals surface area contributed by atoms with Crippen molar-refractivity contribution in [3.63, 3.8) is 0 Å². The van der Waals surface area contributed by atoms with Crippen LogP contribution in [0, 0.1) is 0 Å². The lowest BCUT2D eigenvalue weighted by Gasteiger charge is -2.15. The van der Waals surface area contributed by atoms with Gasteiger partial charge in [0.05, 0.1) is 5.69 Å². The Morgan fingerprint density at radius 3 is 2.52 bits per heavy atom. The lowest BCUT2D eigenvalue weighted by molar-refractivity contribution is 0.0898.